The Morgan fingerprint density at radius 2 is 1.87 bits per heavy atom. The van der Waals surface area contributed by atoms with E-state index in [1.54, 1.807) is 12.1 Å². The molecule has 0 saturated heterocycles. The lowest BCUT2D eigenvalue weighted by atomic mass is 9.87. The summed E-state index contributed by atoms with van der Waals surface area (Å²) in [6.07, 6.45) is -3.34. The minimum atomic E-state index is -4.93. The average molecular weight is 650 g/mol. The molecule has 3 amide bonds. The van der Waals surface area contributed by atoms with Crippen molar-refractivity contribution in [3.05, 3.63) is 111 Å². The number of nitrogens with zero attached hydrogens (tertiary/aromatic N) is 5. The van der Waals surface area contributed by atoms with Gasteiger partial charge in [0.25, 0.3) is 5.91 Å². The number of amides is 3. The topological polar surface area (TPSA) is 115 Å². The molecule has 2 aliphatic rings. The van der Waals surface area contributed by atoms with Gasteiger partial charge in [0.15, 0.2) is 11.3 Å². The van der Waals surface area contributed by atoms with Gasteiger partial charge in [-0.25, -0.2) is 23.1 Å². The van der Waals surface area contributed by atoms with Gasteiger partial charge in [-0.3, -0.25) is 9.69 Å². The summed E-state index contributed by atoms with van der Waals surface area (Å²) in [5.74, 6) is -3.03. The number of hydrogen-bond acceptors (Lipinski definition) is 5. The number of benzene rings is 3. The second-order valence-corrected chi connectivity index (χ2v) is 11.0. The Balaban J connectivity index is 1.48. The third-order valence-electron chi connectivity index (χ3n) is 7.94. The summed E-state index contributed by atoms with van der Waals surface area (Å²) in [5, 5.41) is 19.7. The van der Waals surface area contributed by atoms with Crippen LogP contribution in [0.25, 0.3) is 16.8 Å². The number of hydrogen-bond donors (Lipinski definition) is 2. The molecular formula is C31H17ClF5N7O2. The molecule has 0 unspecified atom stereocenters. The van der Waals surface area contributed by atoms with Gasteiger partial charge in [0.1, 0.15) is 24.0 Å². The molecule has 5 aromatic rings. The van der Waals surface area contributed by atoms with Crippen molar-refractivity contribution in [2.24, 2.45) is 0 Å². The van der Waals surface area contributed by atoms with E-state index in [4.69, 9.17) is 11.6 Å². The molecule has 0 radical (unpaired) electrons. The molecule has 0 spiro atoms. The summed E-state index contributed by atoms with van der Waals surface area (Å²) in [7, 11) is 0. The standard InChI is InChI=1S/C31H17ClF5N7O2/c32-22-3-1-16(33)10-21(22)27-26-23(41-29(45)14-7-15(31(35,36)37)9-17(34)8-14)11-20(19-5-6-43(28(19)26)30(46)42-27)18-2-4-25-39-13-40-44(25)24(18)12-38/h1-4,7-11,13,27H,5-6H2,(H,41,45)(H,42,46)/t27-/m0/s1. The Kier molecular flexibility index (Phi) is 6.67. The van der Waals surface area contributed by atoms with E-state index >= 15 is 0 Å². The van der Waals surface area contributed by atoms with Crippen LogP contribution in [-0.2, 0) is 12.6 Å². The van der Waals surface area contributed by atoms with Crippen LogP contribution < -0.4 is 15.5 Å². The summed E-state index contributed by atoms with van der Waals surface area (Å²) in [6, 6.07) is 10.2. The predicted molar refractivity (Wildman–Crippen MR) is 155 cm³/mol. The predicted octanol–water partition coefficient (Wildman–Crippen LogP) is 6.65. The van der Waals surface area contributed by atoms with E-state index < -0.39 is 46.9 Å². The molecule has 15 heteroatoms. The Morgan fingerprint density at radius 1 is 1.07 bits per heavy atom. The first kappa shape index (κ1) is 29.2. The maximum absolute atomic E-state index is 14.5. The number of nitriles is 1. The summed E-state index contributed by atoms with van der Waals surface area (Å²) < 4.78 is 70.5. The van der Waals surface area contributed by atoms with Gasteiger partial charge >= 0.3 is 12.2 Å². The largest absolute Gasteiger partial charge is 0.416 e. The Hall–Kier alpha value is -5.55. The quantitative estimate of drug-likeness (QED) is 0.212. The van der Waals surface area contributed by atoms with Gasteiger partial charge in [0, 0.05) is 39.5 Å². The average Bonchev–Trinajstić information content (AvgIpc) is 3.68. The van der Waals surface area contributed by atoms with E-state index in [1.165, 1.54) is 27.9 Å². The number of aromatic nitrogens is 3. The van der Waals surface area contributed by atoms with Crippen molar-refractivity contribution in [1.82, 2.24) is 19.9 Å². The zero-order valence-electron chi connectivity index (χ0n) is 23.1. The molecule has 0 bridgehead atoms. The second-order valence-electron chi connectivity index (χ2n) is 10.6. The van der Waals surface area contributed by atoms with E-state index in [1.807, 2.05) is 0 Å². The van der Waals surface area contributed by atoms with Crippen molar-refractivity contribution in [2.45, 2.75) is 18.6 Å². The van der Waals surface area contributed by atoms with Gasteiger partial charge in [0.05, 0.1) is 17.3 Å². The van der Waals surface area contributed by atoms with Gasteiger partial charge in [-0.15, -0.1) is 0 Å². The Bertz CT molecular complexity index is 2180. The maximum atomic E-state index is 14.5. The van der Waals surface area contributed by atoms with Gasteiger partial charge in [0.2, 0.25) is 0 Å². The number of pyridine rings is 1. The third kappa shape index (κ3) is 4.67. The fraction of sp³-hybridized carbons (Fsp3) is 0.129. The van der Waals surface area contributed by atoms with Crippen LogP contribution >= 0.6 is 11.6 Å². The molecule has 0 aliphatic carbocycles. The lowest BCUT2D eigenvalue weighted by Gasteiger charge is -2.35. The molecule has 2 aromatic heterocycles. The monoisotopic (exact) mass is 649 g/mol. The lowest BCUT2D eigenvalue weighted by Crippen LogP contribution is -2.46. The van der Waals surface area contributed by atoms with E-state index in [9.17, 15) is 36.8 Å². The molecule has 0 fully saturated rings. The fourth-order valence-corrected chi connectivity index (χ4v) is 6.22. The number of carbonyl (C=O) groups is 2. The van der Waals surface area contributed by atoms with Crippen molar-refractivity contribution in [3.63, 3.8) is 0 Å². The zero-order chi connectivity index (χ0) is 32.5. The first-order valence-corrected chi connectivity index (χ1v) is 14.0. The first-order valence-electron chi connectivity index (χ1n) is 13.6. The number of fused-ring (bicyclic) bond motifs is 1. The molecular weight excluding hydrogens is 633 g/mol. The number of carbonyl (C=O) groups excluding carboxylic acids is 2. The highest BCUT2D eigenvalue weighted by Gasteiger charge is 2.41. The zero-order valence-corrected chi connectivity index (χ0v) is 23.8. The summed E-state index contributed by atoms with van der Waals surface area (Å²) >= 11 is 6.46. The highest BCUT2D eigenvalue weighted by molar-refractivity contribution is 6.31. The normalized spacial score (nSPS) is 15.5. The van der Waals surface area contributed by atoms with Crippen LogP contribution in [0.3, 0.4) is 0 Å². The molecule has 46 heavy (non-hydrogen) atoms. The van der Waals surface area contributed by atoms with E-state index in [-0.39, 0.29) is 40.1 Å². The number of anilines is 2. The van der Waals surface area contributed by atoms with Crippen LogP contribution in [0.1, 0.15) is 44.3 Å². The molecule has 7 rings (SSSR count). The van der Waals surface area contributed by atoms with Crippen LogP contribution in [0.15, 0.2) is 60.9 Å². The van der Waals surface area contributed by atoms with Crippen LogP contribution in [-0.4, -0.2) is 33.1 Å². The minimum Gasteiger partial charge on any atom is -0.327 e. The first-order chi connectivity index (χ1) is 21.9. The van der Waals surface area contributed by atoms with Crippen molar-refractivity contribution in [1.29, 1.82) is 5.26 Å². The van der Waals surface area contributed by atoms with Gasteiger partial charge < -0.3 is 10.6 Å². The molecule has 2 aliphatic heterocycles. The number of nitrogens with one attached hydrogen (secondary N) is 2. The van der Waals surface area contributed by atoms with Gasteiger partial charge in [-0.05, 0) is 72.1 Å². The summed E-state index contributed by atoms with van der Waals surface area (Å²) in [6.45, 7) is 0.203. The highest BCUT2D eigenvalue weighted by atomic mass is 35.5. The van der Waals surface area contributed by atoms with E-state index in [0.29, 0.717) is 46.6 Å². The molecule has 0 saturated carbocycles. The van der Waals surface area contributed by atoms with E-state index in [2.05, 4.69) is 26.8 Å². The highest BCUT2D eigenvalue weighted by Crippen LogP contribution is 2.50. The maximum Gasteiger partial charge on any atom is 0.416 e. The van der Waals surface area contributed by atoms with Crippen LogP contribution in [0.5, 0.6) is 0 Å². The lowest BCUT2D eigenvalue weighted by molar-refractivity contribution is -0.137. The molecule has 230 valence electrons. The van der Waals surface area contributed by atoms with Gasteiger partial charge in [-0.1, -0.05) is 11.6 Å². The number of rotatable bonds is 4. The van der Waals surface area contributed by atoms with Crippen molar-refractivity contribution in [2.75, 3.05) is 16.8 Å². The second kappa shape index (κ2) is 10.5. The Labute approximate surface area is 260 Å². The SMILES string of the molecule is N#Cc1c(-c2cc(NC(=O)c3cc(F)cc(C(F)(F)F)c3)c3c4c2CCN4C(=O)N[C@H]3c2cc(F)ccc2Cl)ccc2ncnn12. The van der Waals surface area contributed by atoms with Crippen molar-refractivity contribution >= 4 is 40.6 Å². The molecule has 2 N–H and O–H groups in total. The molecule has 1 atom stereocenters. The molecule has 4 heterocycles. The van der Waals surface area contributed by atoms with Crippen LogP contribution in [0.2, 0.25) is 5.02 Å². The number of alkyl halides is 3. The number of halogens is 6. The van der Waals surface area contributed by atoms with Crippen LogP contribution in [0, 0.1) is 23.0 Å². The molecule has 9 nitrogen and oxygen atoms in total. The summed E-state index contributed by atoms with van der Waals surface area (Å²) in [4.78, 5) is 32.5. The summed E-state index contributed by atoms with van der Waals surface area (Å²) in [5.41, 5.74) is 0.646. The van der Waals surface area contributed by atoms with Crippen molar-refractivity contribution < 1.29 is 31.5 Å². The van der Waals surface area contributed by atoms with E-state index in [0.717, 1.165) is 12.1 Å². The van der Waals surface area contributed by atoms with Gasteiger partial charge in [-0.2, -0.15) is 23.5 Å². The third-order valence-corrected chi connectivity index (χ3v) is 8.29. The smallest absolute Gasteiger partial charge is 0.327 e. The molecule has 3 aromatic carbocycles. The minimum absolute atomic E-state index is 0.00336. The number of urea groups is 1. The van der Waals surface area contributed by atoms with Crippen LogP contribution in [0.4, 0.5) is 38.1 Å². The fourth-order valence-electron chi connectivity index (χ4n) is 6.00. The van der Waals surface area contributed by atoms with Crippen molar-refractivity contribution in [3.8, 4) is 17.2 Å². The Morgan fingerprint density at radius 3 is 2.63 bits per heavy atom.